The summed E-state index contributed by atoms with van der Waals surface area (Å²) in [4.78, 5) is 10.5. The lowest BCUT2D eigenvalue weighted by Gasteiger charge is -2.19. The zero-order valence-electron chi connectivity index (χ0n) is 6.19. The second kappa shape index (κ2) is 3.34. The van der Waals surface area contributed by atoms with Gasteiger partial charge in [-0.3, -0.25) is 0 Å². The molecule has 0 aliphatic rings. The summed E-state index contributed by atoms with van der Waals surface area (Å²) in [6, 6.07) is 0. The van der Waals surface area contributed by atoms with E-state index in [4.69, 9.17) is 0 Å². The van der Waals surface area contributed by atoms with E-state index in [2.05, 4.69) is 11.3 Å². The fourth-order valence-corrected chi connectivity index (χ4v) is 0.341. The lowest BCUT2D eigenvalue weighted by atomic mass is 10.2. The standard InChI is InChI=1S/C7H11FO2/c1-4-6(9)10-7(2,3)5-8/h4H,1,5H2,2-3H3. The van der Waals surface area contributed by atoms with Gasteiger partial charge in [0.1, 0.15) is 12.3 Å². The molecular weight excluding hydrogens is 135 g/mol. The summed E-state index contributed by atoms with van der Waals surface area (Å²) >= 11 is 0. The fraction of sp³-hybridized carbons (Fsp3) is 0.571. The molecule has 3 heteroatoms. The molecule has 0 atom stereocenters. The summed E-state index contributed by atoms with van der Waals surface area (Å²) in [7, 11) is 0. The number of carbonyl (C=O) groups is 1. The summed E-state index contributed by atoms with van der Waals surface area (Å²) < 4.78 is 16.6. The van der Waals surface area contributed by atoms with Gasteiger partial charge < -0.3 is 4.74 Å². The fourth-order valence-electron chi connectivity index (χ4n) is 0.341. The third-order valence-electron chi connectivity index (χ3n) is 0.865. The van der Waals surface area contributed by atoms with Crippen LogP contribution in [0.2, 0.25) is 0 Å². The molecule has 0 aromatic carbocycles. The first-order valence-electron chi connectivity index (χ1n) is 2.93. The quantitative estimate of drug-likeness (QED) is 0.445. The van der Waals surface area contributed by atoms with Gasteiger partial charge in [-0.15, -0.1) is 0 Å². The average Bonchev–Trinajstić information content (AvgIpc) is 1.87. The van der Waals surface area contributed by atoms with Gasteiger partial charge in [0, 0.05) is 6.08 Å². The number of alkyl halides is 1. The van der Waals surface area contributed by atoms with E-state index in [1.807, 2.05) is 0 Å². The zero-order valence-corrected chi connectivity index (χ0v) is 6.19. The van der Waals surface area contributed by atoms with Gasteiger partial charge in [0.15, 0.2) is 0 Å². The molecule has 0 aliphatic heterocycles. The Morgan fingerprint density at radius 1 is 1.80 bits per heavy atom. The Morgan fingerprint density at radius 2 is 2.30 bits per heavy atom. The molecule has 0 unspecified atom stereocenters. The molecule has 10 heavy (non-hydrogen) atoms. The highest BCUT2D eigenvalue weighted by Gasteiger charge is 2.20. The number of ether oxygens (including phenoxy) is 1. The largest absolute Gasteiger partial charge is 0.454 e. The minimum Gasteiger partial charge on any atom is -0.454 e. The third-order valence-corrected chi connectivity index (χ3v) is 0.865. The van der Waals surface area contributed by atoms with Gasteiger partial charge in [-0.05, 0) is 13.8 Å². The Bertz CT molecular complexity index is 141. The van der Waals surface area contributed by atoms with Gasteiger partial charge in [0.2, 0.25) is 0 Å². The first-order valence-corrected chi connectivity index (χ1v) is 2.93. The molecule has 0 radical (unpaired) electrons. The number of halogens is 1. The minimum absolute atomic E-state index is 0.595. The Labute approximate surface area is 59.7 Å². The molecule has 58 valence electrons. The third kappa shape index (κ3) is 3.22. The lowest BCUT2D eigenvalue weighted by Crippen LogP contribution is -2.29. The summed E-state index contributed by atoms with van der Waals surface area (Å²) in [6.07, 6.45) is 1.01. The van der Waals surface area contributed by atoms with Crippen LogP contribution >= 0.6 is 0 Å². The molecule has 0 spiro atoms. The van der Waals surface area contributed by atoms with Crippen molar-refractivity contribution in [1.82, 2.24) is 0 Å². The van der Waals surface area contributed by atoms with Crippen LogP contribution in [0.3, 0.4) is 0 Å². The van der Waals surface area contributed by atoms with Gasteiger partial charge in [-0.25, -0.2) is 9.18 Å². The number of hydrogen-bond acceptors (Lipinski definition) is 2. The molecule has 0 fully saturated rings. The van der Waals surface area contributed by atoms with Gasteiger partial charge in [-0.1, -0.05) is 6.58 Å². The van der Waals surface area contributed by atoms with Crippen molar-refractivity contribution in [1.29, 1.82) is 0 Å². The second-order valence-corrected chi connectivity index (χ2v) is 2.52. The van der Waals surface area contributed by atoms with E-state index in [-0.39, 0.29) is 0 Å². The van der Waals surface area contributed by atoms with Crippen molar-refractivity contribution < 1.29 is 13.9 Å². The number of hydrogen-bond donors (Lipinski definition) is 0. The highest BCUT2D eigenvalue weighted by molar-refractivity contribution is 5.81. The van der Waals surface area contributed by atoms with Crippen LogP contribution in [-0.4, -0.2) is 18.2 Å². The van der Waals surface area contributed by atoms with Crippen molar-refractivity contribution in [3.63, 3.8) is 0 Å². The molecule has 0 heterocycles. The molecule has 0 aliphatic carbocycles. The molecule has 0 saturated carbocycles. The Balaban J connectivity index is 3.87. The van der Waals surface area contributed by atoms with Crippen LogP contribution in [-0.2, 0) is 9.53 Å². The van der Waals surface area contributed by atoms with Crippen LogP contribution in [0.15, 0.2) is 12.7 Å². The Hall–Kier alpha value is -0.860. The van der Waals surface area contributed by atoms with E-state index in [1.165, 1.54) is 13.8 Å². The van der Waals surface area contributed by atoms with Crippen molar-refractivity contribution in [2.75, 3.05) is 6.67 Å². The van der Waals surface area contributed by atoms with E-state index in [1.54, 1.807) is 0 Å². The molecule has 0 aromatic heterocycles. The highest BCUT2D eigenvalue weighted by Crippen LogP contribution is 2.09. The number of carbonyl (C=O) groups excluding carboxylic acids is 1. The Morgan fingerprint density at radius 3 is 2.60 bits per heavy atom. The Kier molecular flexibility index (Phi) is 3.06. The molecule has 0 rings (SSSR count). The van der Waals surface area contributed by atoms with Gasteiger partial charge in [-0.2, -0.15) is 0 Å². The average molecular weight is 146 g/mol. The SMILES string of the molecule is C=CC(=O)OC(C)(C)CF. The van der Waals surface area contributed by atoms with Crippen molar-refractivity contribution >= 4 is 5.97 Å². The molecule has 0 N–H and O–H groups in total. The number of rotatable bonds is 3. The molecule has 0 saturated heterocycles. The van der Waals surface area contributed by atoms with Crippen molar-refractivity contribution in [2.45, 2.75) is 19.4 Å². The van der Waals surface area contributed by atoms with Gasteiger partial charge >= 0.3 is 5.97 Å². The van der Waals surface area contributed by atoms with Crippen molar-refractivity contribution in [3.8, 4) is 0 Å². The maximum atomic E-state index is 12.0. The highest BCUT2D eigenvalue weighted by atomic mass is 19.1. The van der Waals surface area contributed by atoms with Crippen LogP contribution in [0.25, 0.3) is 0 Å². The lowest BCUT2D eigenvalue weighted by molar-refractivity contribution is -0.151. The second-order valence-electron chi connectivity index (χ2n) is 2.52. The van der Waals surface area contributed by atoms with Gasteiger partial charge in [0.05, 0.1) is 0 Å². The monoisotopic (exact) mass is 146 g/mol. The van der Waals surface area contributed by atoms with E-state index in [0.717, 1.165) is 6.08 Å². The summed E-state index contributed by atoms with van der Waals surface area (Å²) in [5.74, 6) is -0.595. The predicted octanol–water partition coefficient (Wildman–Crippen LogP) is 1.46. The topological polar surface area (TPSA) is 26.3 Å². The molecule has 0 bridgehead atoms. The molecular formula is C7H11FO2. The van der Waals surface area contributed by atoms with Crippen LogP contribution in [0.4, 0.5) is 4.39 Å². The molecule has 2 nitrogen and oxygen atoms in total. The zero-order chi connectivity index (χ0) is 8.20. The van der Waals surface area contributed by atoms with E-state index < -0.39 is 18.2 Å². The van der Waals surface area contributed by atoms with Crippen LogP contribution in [0.1, 0.15) is 13.8 Å². The summed E-state index contributed by atoms with van der Waals surface area (Å²) in [5.41, 5.74) is -1.02. The predicted molar refractivity (Wildman–Crippen MR) is 36.3 cm³/mol. The van der Waals surface area contributed by atoms with Crippen LogP contribution in [0, 0.1) is 0 Å². The van der Waals surface area contributed by atoms with E-state index in [9.17, 15) is 9.18 Å². The minimum atomic E-state index is -1.02. The van der Waals surface area contributed by atoms with Gasteiger partial charge in [0.25, 0.3) is 0 Å². The maximum Gasteiger partial charge on any atom is 0.330 e. The molecule has 0 aromatic rings. The molecule has 0 amide bonds. The first-order chi connectivity index (χ1) is 4.52. The van der Waals surface area contributed by atoms with Crippen LogP contribution in [0.5, 0.6) is 0 Å². The summed E-state index contributed by atoms with van der Waals surface area (Å²) in [5, 5.41) is 0. The smallest absolute Gasteiger partial charge is 0.330 e. The van der Waals surface area contributed by atoms with Crippen LogP contribution < -0.4 is 0 Å². The van der Waals surface area contributed by atoms with Crippen molar-refractivity contribution in [2.24, 2.45) is 0 Å². The van der Waals surface area contributed by atoms with Crippen molar-refractivity contribution in [3.05, 3.63) is 12.7 Å². The number of esters is 1. The first kappa shape index (κ1) is 9.14. The maximum absolute atomic E-state index is 12.0. The normalized spacial score (nSPS) is 10.7. The van der Waals surface area contributed by atoms with E-state index >= 15 is 0 Å². The summed E-state index contributed by atoms with van der Waals surface area (Å²) in [6.45, 7) is 5.48. The van der Waals surface area contributed by atoms with E-state index in [0.29, 0.717) is 0 Å².